The van der Waals surface area contributed by atoms with E-state index in [-0.39, 0.29) is 25.0 Å². The van der Waals surface area contributed by atoms with Crippen LogP contribution >= 0.6 is 11.6 Å². The first kappa shape index (κ1) is 25.7. The van der Waals surface area contributed by atoms with Gasteiger partial charge < -0.3 is 24.7 Å². The fourth-order valence-corrected chi connectivity index (χ4v) is 6.66. The molecule has 7 atom stereocenters. The quantitative estimate of drug-likeness (QED) is 0.527. The van der Waals surface area contributed by atoms with Crippen molar-refractivity contribution in [1.29, 1.82) is 0 Å². The number of ether oxygens (including phenoxy) is 1. The molecule has 190 valence electrons. The van der Waals surface area contributed by atoms with Crippen LogP contribution in [0.15, 0.2) is 36.9 Å². The Bertz CT molecular complexity index is 1040. The number of halogens is 1. The van der Waals surface area contributed by atoms with Crippen molar-refractivity contribution in [3.63, 3.8) is 0 Å². The number of carbonyl (C=O) groups excluding carboxylic acids is 2. The molecule has 0 aromatic heterocycles. The van der Waals surface area contributed by atoms with Crippen LogP contribution in [0, 0.1) is 23.7 Å². The molecule has 0 radical (unpaired) electrons. The van der Waals surface area contributed by atoms with Crippen molar-refractivity contribution in [1.82, 2.24) is 4.90 Å². The van der Waals surface area contributed by atoms with Gasteiger partial charge in [0.05, 0.1) is 24.2 Å². The second kappa shape index (κ2) is 8.91. The third-order valence-corrected chi connectivity index (χ3v) is 8.53. The molecular formula is C26H33ClN2O6. The molecule has 3 aliphatic rings. The maximum atomic E-state index is 14.4. The summed E-state index contributed by atoms with van der Waals surface area (Å²) in [4.78, 5) is 43.7. The van der Waals surface area contributed by atoms with Crippen molar-refractivity contribution in [2.45, 2.75) is 57.4 Å². The number of carbonyl (C=O) groups is 3. The summed E-state index contributed by atoms with van der Waals surface area (Å²) in [6, 6.07) is 5.00. The summed E-state index contributed by atoms with van der Waals surface area (Å²) < 4.78 is 6.53. The van der Waals surface area contributed by atoms with Crippen LogP contribution in [-0.4, -0.2) is 69.3 Å². The van der Waals surface area contributed by atoms with Gasteiger partial charge in [0.2, 0.25) is 5.91 Å². The van der Waals surface area contributed by atoms with E-state index in [4.69, 9.17) is 16.3 Å². The lowest BCUT2D eigenvalue weighted by atomic mass is 9.62. The highest BCUT2D eigenvalue weighted by Crippen LogP contribution is 2.65. The summed E-state index contributed by atoms with van der Waals surface area (Å²) in [6.45, 7) is 11.0. The largest absolute Gasteiger partial charge is 0.481 e. The number of rotatable bonds is 8. The van der Waals surface area contributed by atoms with Crippen molar-refractivity contribution < 1.29 is 29.3 Å². The Labute approximate surface area is 210 Å². The van der Waals surface area contributed by atoms with Crippen molar-refractivity contribution in [3.8, 4) is 0 Å². The molecule has 35 heavy (non-hydrogen) atoms. The zero-order valence-electron chi connectivity index (χ0n) is 20.5. The molecule has 3 saturated heterocycles. The third-order valence-electron chi connectivity index (χ3n) is 8.28. The average Bonchev–Trinajstić information content (AvgIpc) is 3.30. The zero-order valence-corrected chi connectivity index (χ0v) is 21.2. The fourth-order valence-electron chi connectivity index (χ4n) is 6.53. The van der Waals surface area contributed by atoms with Crippen molar-refractivity contribution in [2.75, 3.05) is 18.1 Å². The molecule has 8 nitrogen and oxygen atoms in total. The van der Waals surface area contributed by atoms with Crippen LogP contribution in [0.3, 0.4) is 0 Å². The van der Waals surface area contributed by atoms with E-state index in [1.165, 1.54) is 9.80 Å². The second-order valence-corrected chi connectivity index (χ2v) is 10.9. The number of hydrogen-bond donors (Lipinski definition) is 2. The number of carboxylic acid groups (broad SMARTS) is 1. The van der Waals surface area contributed by atoms with Crippen LogP contribution in [0.4, 0.5) is 5.69 Å². The zero-order chi connectivity index (χ0) is 25.9. The first-order valence-electron chi connectivity index (χ1n) is 12.0. The molecule has 9 heteroatoms. The third kappa shape index (κ3) is 3.60. The van der Waals surface area contributed by atoms with Gasteiger partial charge in [-0.3, -0.25) is 14.4 Å². The van der Waals surface area contributed by atoms with Gasteiger partial charge in [-0.1, -0.05) is 38.4 Å². The minimum absolute atomic E-state index is 0.167. The molecule has 1 spiro atoms. The molecule has 3 heterocycles. The van der Waals surface area contributed by atoms with Crippen LogP contribution < -0.4 is 4.90 Å². The number of aliphatic carboxylic acids is 1. The number of benzene rings is 1. The predicted octanol–water partition coefficient (Wildman–Crippen LogP) is 2.97. The van der Waals surface area contributed by atoms with Crippen LogP contribution in [0.2, 0.25) is 5.02 Å². The van der Waals surface area contributed by atoms with Gasteiger partial charge in [0.25, 0.3) is 5.91 Å². The molecule has 2 amide bonds. The summed E-state index contributed by atoms with van der Waals surface area (Å²) in [5, 5.41) is 21.0. The predicted molar refractivity (Wildman–Crippen MR) is 131 cm³/mol. The fraction of sp³-hybridized carbons (Fsp3) is 0.577. The number of hydrogen-bond acceptors (Lipinski definition) is 5. The highest BCUT2D eigenvalue weighted by atomic mass is 35.5. The van der Waals surface area contributed by atoms with E-state index >= 15 is 0 Å². The lowest BCUT2D eigenvalue weighted by Crippen LogP contribution is -2.60. The van der Waals surface area contributed by atoms with Gasteiger partial charge in [-0.25, -0.2) is 0 Å². The van der Waals surface area contributed by atoms with Crippen molar-refractivity contribution >= 4 is 35.1 Å². The summed E-state index contributed by atoms with van der Waals surface area (Å²) in [5.74, 6) is -4.42. The van der Waals surface area contributed by atoms with Gasteiger partial charge >= 0.3 is 5.97 Å². The Morgan fingerprint density at radius 1 is 1.34 bits per heavy atom. The van der Waals surface area contributed by atoms with Gasteiger partial charge in [-0.15, -0.1) is 6.58 Å². The van der Waals surface area contributed by atoms with Crippen LogP contribution in [-0.2, 0) is 19.1 Å². The Kier molecular flexibility index (Phi) is 6.53. The Balaban J connectivity index is 1.89. The van der Waals surface area contributed by atoms with E-state index in [1.807, 2.05) is 20.8 Å². The first-order chi connectivity index (χ1) is 16.4. The first-order valence-corrected chi connectivity index (χ1v) is 12.4. The number of aliphatic hydroxyl groups is 1. The summed E-state index contributed by atoms with van der Waals surface area (Å²) >= 11 is 6.06. The minimum atomic E-state index is -1.31. The molecule has 3 fully saturated rings. The topological polar surface area (TPSA) is 107 Å². The molecule has 1 aromatic carbocycles. The maximum Gasteiger partial charge on any atom is 0.310 e. The van der Waals surface area contributed by atoms with Gasteiger partial charge in [0, 0.05) is 17.3 Å². The number of fused-ring (bicyclic) bond motifs is 1. The Morgan fingerprint density at radius 3 is 2.49 bits per heavy atom. The molecule has 2 bridgehead atoms. The van der Waals surface area contributed by atoms with E-state index in [9.17, 15) is 24.6 Å². The molecular weight excluding hydrogens is 472 g/mol. The van der Waals surface area contributed by atoms with Crippen LogP contribution in [0.1, 0.15) is 34.1 Å². The Morgan fingerprint density at radius 2 is 1.97 bits per heavy atom. The van der Waals surface area contributed by atoms with Gasteiger partial charge in [-0.2, -0.15) is 0 Å². The highest BCUT2D eigenvalue weighted by Gasteiger charge is 2.80. The number of amides is 2. The van der Waals surface area contributed by atoms with E-state index in [2.05, 4.69) is 6.58 Å². The van der Waals surface area contributed by atoms with Crippen LogP contribution in [0.25, 0.3) is 0 Å². The highest BCUT2D eigenvalue weighted by molar-refractivity contribution is 6.30. The number of nitrogens with zero attached hydrogens (tertiary/aromatic N) is 2. The number of carboxylic acids is 1. The minimum Gasteiger partial charge on any atom is -0.481 e. The van der Waals surface area contributed by atoms with Crippen molar-refractivity contribution in [3.05, 3.63) is 41.9 Å². The van der Waals surface area contributed by atoms with Crippen molar-refractivity contribution in [2.24, 2.45) is 23.7 Å². The van der Waals surface area contributed by atoms with E-state index in [0.29, 0.717) is 17.1 Å². The number of likely N-dealkylation sites (tertiary alicyclic amines) is 1. The molecule has 1 aromatic rings. The van der Waals surface area contributed by atoms with E-state index in [1.54, 1.807) is 37.3 Å². The average molecular weight is 505 g/mol. The normalized spacial score (nSPS) is 34.3. The number of aliphatic hydroxyl groups excluding tert-OH is 1. The monoisotopic (exact) mass is 504 g/mol. The standard InChI is InChI=1S/C26H33ClN2O6/c1-6-11-28(17-9-7-16(27)8-10-17)23(32)21-26-12-15(4)25(5,35-26)20(24(33)34)19(26)22(31)29(21)18(13-30)14(2)3/h6-10,14-15,18-21,30H,1,11-13H2,2-5H3,(H,33,34)/t15?,18-,19-,20+,21?,25-,26?/m0/s1. The summed E-state index contributed by atoms with van der Waals surface area (Å²) in [6.07, 6.45) is 1.96. The molecule has 0 aliphatic carbocycles. The second-order valence-electron chi connectivity index (χ2n) is 10.5. The number of anilines is 1. The SMILES string of the molecule is C=CCN(C(=O)C1N([C@@H](CO)C(C)C)C(=O)[C@@H]2[C@H](C(=O)O)[C@@]3(C)OC12CC3C)c1ccc(Cl)cc1. The molecule has 2 N–H and O–H groups in total. The lowest BCUT2D eigenvalue weighted by Gasteiger charge is -2.40. The molecule has 0 saturated carbocycles. The maximum absolute atomic E-state index is 14.4. The molecule has 3 unspecified atom stereocenters. The van der Waals surface area contributed by atoms with E-state index in [0.717, 1.165) is 0 Å². The van der Waals surface area contributed by atoms with Gasteiger partial charge in [0.15, 0.2) is 0 Å². The summed E-state index contributed by atoms with van der Waals surface area (Å²) in [5.41, 5.74) is -1.81. The molecule has 4 rings (SSSR count). The van der Waals surface area contributed by atoms with Gasteiger partial charge in [0.1, 0.15) is 17.6 Å². The summed E-state index contributed by atoms with van der Waals surface area (Å²) in [7, 11) is 0. The Hall–Kier alpha value is -2.42. The molecule has 3 aliphatic heterocycles. The van der Waals surface area contributed by atoms with Gasteiger partial charge in [-0.05, 0) is 49.4 Å². The van der Waals surface area contributed by atoms with Crippen LogP contribution in [0.5, 0.6) is 0 Å². The lowest BCUT2D eigenvalue weighted by molar-refractivity contribution is -0.158. The smallest absolute Gasteiger partial charge is 0.310 e. The van der Waals surface area contributed by atoms with E-state index < -0.39 is 52.9 Å².